The number of rotatable bonds is 9. The second-order valence-corrected chi connectivity index (χ2v) is 8.76. The molecule has 1 saturated carbocycles. The summed E-state index contributed by atoms with van der Waals surface area (Å²) in [6, 6.07) is 4.13. The fourth-order valence-electron chi connectivity index (χ4n) is 2.29. The van der Waals surface area contributed by atoms with E-state index in [9.17, 15) is 18.0 Å². The molecule has 0 saturated heterocycles. The zero-order valence-electron chi connectivity index (χ0n) is 14.7. The van der Waals surface area contributed by atoms with Gasteiger partial charge in [-0.25, -0.2) is 17.9 Å². The Kier molecular flexibility index (Phi) is 7.19. The molecule has 9 heteroatoms. The lowest BCUT2D eigenvalue weighted by atomic mass is 10.2. The molecule has 144 valence electrons. The van der Waals surface area contributed by atoms with Gasteiger partial charge in [0.2, 0.25) is 10.0 Å². The lowest BCUT2D eigenvalue weighted by Crippen LogP contribution is -2.36. The summed E-state index contributed by atoms with van der Waals surface area (Å²) >= 11 is 3.21. The van der Waals surface area contributed by atoms with E-state index in [0.29, 0.717) is 4.47 Å². The molecule has 0 unspecified atom stereocenters. The molecule has 0 atom stereocenters. The molecule has 1 fully saturated rings. The highest BCUT2D eigenvalue weighted by Crippen LogP contribution is 2.25. The van der Waals surface area contributed by atoms with Crippen molar-refractivity contribution in [3.63, 3.8) is 0 Å². The molecule has 7 nitrogen and oxygen atoms in total. The van der Waals surface area contributed by atoms with E-state index in [-0.39, 0.29) is 28.4 Å². The normalized spacial score (nSPS) is 14.3. The van der Waals surface area contributed by atoms with Crippen LogP contribution in [-0.4, -0.2) is 39.0 Å². The number of sulfonamides is 1. The van der Waals surface area contributed by atoms with E-state index in [1.807, 2.05) is 13.8 Å². The van der Waals surface area contributed by atoms with Gasteiger partial charge in [0, 0.05) is 16.6 Å². The first-order chi connectivity index (χ1) is 12.3. The molecule has 1 aromatic carbocycles. The van der Waals surface area contributed by atoms with Gasteiger partial charge in [-0.1, -0.05) is 13.8 Å². The van der Waals surface area contributed by atoms with Crippen LogP contribution in [-0.2, 0) is 19.6 Å². The second-order valence-electron chi connectivity index (χ2n) is 6.19. The largest absolute Gasteiger partial charge is 0.452 e. The molecule has 0 aliphatic heterocycles. The van der Waals surface area contributed by atoms with Crippen LogP contribution in [0.25, 0.3) is 0 Å². The summed E-state index contributed by atoms with van der Waals surface area (Å²) in [5.41, 5.74) is 0.0546. The van der Waals surface area contributed by atoms with E-state index < -0.39 is 22.6 Å². The third kappa shape index (κ3) is 5.78. The van der Waals surface area contributed by atoms with Crippen LogP contribution >= 0.6 is 15.9 Å². The lowest BCUT2D eigenvalue weighted by molar-refractivity contribution is -0.125. The number of hydrogen-bond acceptors (Lipinski definition) is 5. The Bertz CT molecular complexity index is 773. The number of benzene rings is 1. The summed E-state index contributed by atoms with van der Waals surface area (Å²) < 4.78 is 32.5. The average Bonchev–Trinajstić information content (AvgIpc) is 3.41. The van der Waals surface area contributed by atoms with Crippen LogP contribution in [0, 0.1) is 0 Å². The van der Waals surface area contributed by atoms with Crippen molar-refractivity contribution in [1.82, 2.24) is 10.0 Å². The first kappa shape index (κ1) is 20.9. The van der Waals surface area contributed by atoms with Crippen molar-refractivity contribution in [3.05, 3.63) is 28.2 Å². The van der Waals surface area contributed by atoms with Gasteiger partial charge in [0.05, 0.1) is 10.5 Å². The Morgan fingerprint density at radius 1 is 1.27 bits per heavy atom. The molecule has 26 heavy (non-hydrogen) atoms. The van der Waals surface area contributed by atoms with E-state index in [0.717, 1.165) is 25.7 Å². The number of hydrogen-bond donors (Lipinski definition) is 2. The van der Waals surface area contributed by atoms with Crippen molar-refractivity contribution in [2.45, 2.75) is 56.5 Å². The van der Waals surface area contributed by atoms with Gasteiger partial charge in [0.15, 0.2) is 6.61 Å². The molecule has 1 aromatic rings. The van der Waals surface area contributed by atoms with Crippen LogP contribution in [0.5, 0.6) is 0 Å². The Labute approximate surface area is 162 Å². The minimum absolute atomic E-state index is 0.0129. The highest BCUT2D eigenvalue weighted by Gasteiger charge is 2.29. The Morgan fingerprint density at radius 3 is 2.50 bits per heavy atom. The summed E-state index contributed by atoms with van der Waals surface area (Å²) in [6.45, 7) is 3.50. The van der Waals surface area contributed by atoms with E-state index in [1.54, 1.807) is 0 Å². The monoisotopic (exact) mass is 446 g/mol. The number of halogens is 1. The molecule has 0 radical (unpaired) electrons. The number of carbonyl (C=O) groups excluding carboxylic acids is 2. The summed E-state index contributed by atoms with van der Waals surface area (Å²) in [5.74, 6) is -1.15. The molecule has 1 amide bonds. The predicted molar refractivity (Wildman–Crippen MR) is 100 cm³/mol. The van der Waals surface area contributed by atoms with E-state index >= 15 is 0 Å². The Balaban J connectivity index is 2.04. The summed E-state index contributed by atoms with van der Waals surface area (Å²) in [5, 5.41) is 2.77. The van der Waals surface area contributed by atoms with Gasteiger partial charge in [-0.2, -0.15) is 0 Å². The molecular formula is C17H23BrN2O5S. The number of amides is 1. The van der Waals surface area contributed by atoms with Gasteiger partial charge < -0.3 is 10.1 Å². The standard InChI is InChI=1S/C17H23BrN2O5S/c1-3-11(4-2)19-16(21)10-25-17(22)14-9-13(7-8-15(14)18)26(23,24)20-12-5-6-12/h7-9,11-12,20H,3-6,10H2,1-2H3,(H,19,21). The average molecular weight is 447 g/mol. The fourth-order valence-corrected chi connectivity index (χ4v) is 4.03. The minimum atomic E-state index is -3.68. The van der Waals surface area contributed by atoms with Crippen molar-refractivity contribution in [2.24, 2.45) is 0 Å². The van der Waals surface area contributed by atoms with Crippen molar-refractivity contribution in [3.8, 4) is 0 Å². The van der Waals surface area contributed by atoms with Crippen LogP contribution in [0.2, 0.25) is 0 Å². The van der Waals surface area contributed by atoms with Crippen molar-refractivity contribution in [2.75, 3.05) is 6.61 Å². The van der Waals surface area contributed by atoms with Crippen LogP contribution in [0.3, 0.4) is 0 Å². The van der Waals surface area contributed by atoms with Gasteiger partial charge >= 0.3 is 5.97 Å². The SMILES string of the molecule is CCC(CC)NC(=O)COC(=O)c1cc(S(=O)(=O)NC2CC2)ccc1Br. The van der Waals surface area contributed by atoms with Gasteiger partial charge in [0.1, 0.15) is 0 Å². The topological polar surface area (TPSA) is 102 Å². The number of esters is 1. The first-order valence-electron chi connectivity index (χ1n) is 8.55. The van der Waals surface area contributed by atoms with E-state index in [1.165, 1.54) is 18.2 Å². The van der Waals surface area contributed by atoms with Gasteiger partial charge in [-0.05, 0) is 59.8 Å². The maximum atomic E-state index is 12.3. The molecule has 0 heterocycles. The third-order valence-corrected chi connectivity index (χ3v) is 6.26. The van der Waals surface area contributed by atoms with Crippen LogP contribution in [0.15, 0.2) is 27.6 Å². The third-order valence-electron chi connectivity index (χ3n) is 4.05. The van der Waals surface area contributed by atoms with Crippen LogP contribution < -0.4 is 10.0 Å². The van der Waals surface area contributed by atoms with E-state index in [4.69, 9.17) is 4.74 Å². The number of ether oxygens (including phenoxy) is 1. The van der Waals surface area contributed by atoms with Crippen molar-refractivity contribution in [1.29, 1.82) is 0 Å². The Hall–Kier alpha value is -1.45. The summed E-state index contributed by atoms with van der Waals surface area (Å²) in [7, 11) is -3.68. The van der Waals surface area contributed by atoms with E-state index in [2.05, 4.69) is 26.0 Å². The molecule has 2 N–H and O–H groups in total. The fraction of sp³-hybridized carbons (Fsp3) is 0.529. The number of nitrogens with one attached hydrogen (secondary N) is 2. The van der Waals surface area contributed by atoms with Crippen LogP contribution in [0.4, 0.5) is 0 Å². The molecule has 0 bridgehead atoms. The van der Waals surface area contributed by atoms with Gasteiger partial charge in [-0.15, -0.1) is 0 Å². The molecule has 1 aliphatic carbocycles. The summed E-state index contributed by atoms with van der Waals surface area (Å²) in [6.07, 6.45) is 3.21. The molecule has 1 aliphatic rings. The smallest absolute Gasteiger partial charge is 0.339 e. The molecule has 0 aromatic heterocycles. The predicted octanol–water partition coefficient (Wildman–Crippen LogP) is 2.35. The maximum absolute atomic E-state index is 12.3. The minimum Gasteiger partial charge on any atom is -0.452 e. The first-order valence-corrected chi connectivity index (χ1v) is 10.8. The molecular weight excluding hydrogens is 424 g/mol. The summed E-state index contributed by atoms with van der Waals surface area (Å²) in [4.78, 5) is 24.1. The quantitative estimate of drug-likeness (QED) is 0.566. The number of carbonyl (C=O) groups is 2. The van der Waals surface area contributed by atoms with Gasteiger partial charge in [0.25, 0.3) is 5.91 Å². The highest BCUT2D eigenvalue weighted by molar-refractivity contribution is 9.10. The molecule has 2 rings (SSSR count). The van der Waals surface area contributed by atoms with Crippen LogP contribution in [0.1, 0.15) is 49.9 Å². The highest BCUT2D eigenvalue weighted by atomic mass is 79.9. The zero-order valence-corrected chi connectivity index (χ0v) is 17.2. The van der Waals surface area contributed by atoms with Crippen molar-refractivity contribution >= 4 is 37.8 Å². The maximum Gasteiger partial charge on any atom is 0.339 e. The Morgan fingerprint density at radius 2 is 1.92 bits per heavy atom. The zero-order chi connectivity index (χ0) is 19.3. The second kappa shape index (κ2) is 8.96. The van der Waals surface area contributed by atoms with Gasteiger partial charge in [-0.3, -0.25) is 4.79 Å². The lowest BCUT2D eigenvalue weighted by Gasteiger charge is -2.15. The molecule has 0 spiro atoms. The van der Waals surface area contributed by atoms with Crippen molar-refractivity contribution < 1.29 is 22.7 Å².